The van der Waals surface area contributed by atoms with Gasteiger partial charge in [-0.25, -0.2) is 20.0 Å². The summed E-state index contributed by atoms with van der Waals surface area (Å²) in [7, 11) is 0. The van der Waals surface area contributed by atoms with Crippen molar-refractivity contribution in [3.05, 3.63) is 168 Å². The van der Waals surface area contributed by atoms with Crippen molar-refractivity contribution in [2.45, 2.75) is 13.1 Å². The van der Waals surface area contributed by atoms with Crippen molar-refractivity contribution in [3.63, 3.8) is 0 Å². The molecule has 0 bridgehead atoms. The average molecular weight is 608 g/mol. The lowest BCUT2D eigenvalue weighted by molar-refractivity contribution is 0.727. The van der Waals surface area contributed by atoms with Crippen molar-refractivity contribution in [1.29, 1.82) is 0 Å². The van der Waals surface area contributed by atoms with Gasteiger partial charge in [0.15, 0.2) is 12.0 Å². The van der Waals surface area contributed by atoms with Crippen LogP contribution in [-0.2, 0) is 0 Å². The normalized spacial score (nSPS) is 14.3. The number of aromatic nitrogens is 4. The molecule has 0 radical (unpaired) electrons. The number of nitrogens with one attached hydrogen (secondary N) is 1. The Morgan fingerprint density at radius 3 is 1.87 bits per heavy atom. The van der Waals surface area contributed by atoms with E-state index in [9.17, 15) is 0 Å². The Hall–Kier alpha value is -6.34. The van der Waals surface area contributed by atoms with E-state index in [1.807, 2.05) is 72.8 Å². The number of amidine groups is 2. The van der Waals surface area contributed by atoms with Gasteiger partial charge in [0.05, 0.1) is 28.5 Å². The van der Waals surface area contributed by atoms with Gasteiger partial charge in [-0.3, -0.25) is 9.97 Å². The van der Waals surface area contributed by atoms with Gasteiger partial charge < -0.3 is 5.32 Å². The van der Waals surface area contributed by atoms with Crippen LogP contribution in [-0.4, -0.2) is 31.6 Å². The molecule has 1 aliphatic rings. The highest BCUT2D eigenvalue weighted by molar-refractivity contribution is 6.15. The van der Waals surface area contributed by atoms with E-state index in [2.05, 4.69) is 82.9 Å². The summed E-state index contributed by atoms with van der Waals surface area (Å²) in [6.07, 6.45) is 2.95. The predicted octanol–water partition coefficient (Wildman–Crippen LogP) is 8.22. The highest BCUT2D eigenvalue weighted by Crippen LogP contribution is 2.30. The van der Waals surface area contributed by atoms with E-state index in [1.165, 1.54) is 21.9 Å². The molecule has 1 atom stereocenters. The zero-order valence-corrected chi connectivity index (χ0v) is 25.6. The number of fused-ring (bicyclic) bond motifs is 1. The fraction of sp³-hybridized carbons (Fsp3) is 0.0500. The molecule has 0 saturated heterocycles. The van der Waals surface area contributed by atoms with Crippen molar-refractivity contribution in [3.8, 4) is 33.9 Å². The fourth-order valence-electron chi connectivity index (χ4n) is 5.83. The van der Waals surface area contributed by atoms with Gasteiger partial charge in [0.25, 0.3) is 0 Å². The van der Waals surface area contributed by atoms with Crippen LogP contribution in [0.3, 0.4) is 0 Å². The molecule has 7 aromatic rings. The summed E-state index contributed by atoms with van der Waals surface area (Å²) in [5.41, 5.74) is 8.97. The maximum Gasteiger partial charge on any atom is 0.186 e. The molecule has 4 aromatic heterocycles. The van der Waals surface area contributed by atoms with Crippen LogP contribution in [0.5, 0.6) is 0 Å². The first-order chi connectivity index (χ1) is 23.2. The Bertz CT molecular complexity index is 2300. The molecular formula is C40H29N7. The summed E-state index contributed by atoms with van der Waals surface area (Å²) >= 11 is 0. The molecule has 7 heteroatoms. The second-order valence-corrected chi connectivity index (χ2v) is 11.3. The number of aliphatic imine (C=N–C) groups is 2. The van der Waals surface area contributed by atoms with E-state index < -0.39 is 6.17 Å². The van der Waals surface area contributed by atoms with E-state index in [-0.39, 0.29) is 0 Å². The van der Waals surface area contributed by atoms with Crippen LogP contribution in [0.15, 0.2) is 156 Å². The second-order valence-electron chi connectivity index (χ2n) is 11.3. The van der Waals surface area contributed by atoms with Crippen LogP contribution in [0.25, 0.3) is 44.7 Å². The monoisotopic (exact) mass is 607 g/mol. The van der Waals surface area contributed by atoms with Crippen molar-refractivity contribution >= 4 is 22.4 Å². The van der Waals surface area contributed by atoms with Gasteiger partial charge in [0, 0.05) is 18.0 Å². The average Bonchev–Trinajstić information content (AvgIpc) is 3.15. The van der Waals surface area contributed by atoms with E-state index >= 15 is 0 Å². The molecule has 1 N–H and O–H groups in total. The molecule has 47 heavy (non-hydrogen) atoms. The summed E-state index contributed by atoms with van der Waals surface area (Å²) in [5.74, 6) is 1.31. The third kappa shape index (κ3) is 5.78. The Kier molecular flexibility index (Phi) is 7.32. The molecule has 5 heterocycles. The minimum Gasteiger partial charge on any atom is -0.323 e. The molecule has 0 amide bonds. The zero-order chi connectivity index (χ0) is 31.6. The zero-order valence-electron chi connectivity index (χ0n) is 25.6. The Morgan fingerprint density at radius 2 is 1.13 bits per heavy atom. The second kappa shape index (κ2) is 12.2. The number of rotatable bonds is 6. The lowest BCUT2D eigenvalue weighted by atomic mass is 9.96. The van der Waals surface area contributed by atoms with Gasteiger partial charge in [0.2, 0.25) is 0 Å². The summed E-state index contributed by atoms with van der Waals surface area (Å²) in [6.45, 7) is 2.14. The molecular weight excluding hydrogens is 578 g/mol. The van der Waals surface area contributed by atoms with Crippen LogP contribution in [0, 0.1) is 6.92 Å². The van der Waals surface area contributed by atoms with Gasteiger partial charge in [-0.1, -0.05) is 72.8 Å². The largest absolute Gasteiger partial charge is 0.323 e. The molecule has 0 spiro atoms. The minimum absolute atomic E-state index is 0.592. The van der Waals surface area contributed by atoms with Crippen LogP contribution in [0.4, 0.5) is 0 Å². The topological polar surface area (TPSA) is 88.3 Å². The molecule has 0 fully saturated rings. The van der Waals surface area contributed by atoms with Crippen molar-refractivity contribution in [2.75, 3.05) is 0 Å². The van der Waals surface area contributed by atoms with Crippen LogP contribution < -0.4 is 5.32 Å². The number of pyridine rings is 4. The summed E-state index contributed by atoms with van der Waals surface area (Å²) in [5, 5.41) is 5.94. The fourth-order valence-corrected chi connectivity index (χ4v) is 5.83. The summed E-state index contributed by atoms with van der Waals surface area (Å²) < 4.78 is 0. The summed E-state index contributed by atoms with van der Waals surface area (Å²) in [4.78, 5) is 29.0. The van der Waals surface area contributed by atoms with E-state index in [4.69, 9.17) is 20.0 Å². The third-order valence-corrected chi connectivity index (χ3v) is 8.18. The summed E-state index contributed by atoms with van der Waals surface area (Å²) in [6, 6.07) is 44.8. The van der Waals surface area contributed by atoms with Crippen LogP contribution in [0.2, 0.25) is 0 Å². The highest BCUT2D eigenvalue weighted by Gasteiger charge is 2.23. The molecule has 1 aliphatic heterocycles. The van der Waals surface area contributed by atoms with Gasteiger partial charge in [0.1, 0.15) is 11.5 Å². The quantitative estimate of drug-likeness (QED) is 0.206. The SMILES string of the molecule is Cc1cc(C2=NC(c3cccc(-c4ccccn4)n3)N=C(c3cccc(-c4ccccn4)n3)N2)ccc1-c1ccc2ccccc2c1. The Balaban J connectivity index is 1.20. The molecule has 0 saturated carbocycles. The molecule has 224 valence electrons. The first-order valence-corrected chi connectivity index (χ1v) is 15.5. The van der Waals surface area contributed by atoms with Crippen LogP contribution in [0.1, 0.15) is 28.7 Å². The third-order valence-electron chi connectivity index (χ3n) is 8.18. The standard InChI is InChI=1S/C40H29N7/c1-26-24-30(20-21-31(26)29-19-18-27-10-2-3-11-28(27)25-29)38-45-39(36-16-8-14-34(43-36)32-12-4-6-22-41-32)47-40(46-38)37-17-9-15-35(44-37)33-13-5-7-23-42-33/h2-25,39H,1H3,(H,45,46,47). The molecule has 8 rings (SSSR count). The maximum absolute atomic E-state index is 5.09. The number of hydrogen-bond donors (Lipinski definition) is 1. The lowest BCUT2D eigenvalue weighted by Crippen LogP contribution is -2.36. The van der Waals surface area contributed by atoms with Crippen molar-refractivity contribution in [1.82, 2.24) is 25.3 Å². The van der Waals surface area contributed by atoms with E-state index in [0.29, 0.717) is 17.4 Å². The highest BCUT2D eigenvalue weighted by atomic mass is 15.2. The lowest BCUT2D eigenvalue weighted by Gasteiger charge is -2.22. The Labute approximate surface area is 272 Å². The minimum atomic E-state index is -0.592. The van der Waals surface area contributed by atoms with Gasteiger partial charge in [-0.2, -0.15) is 0 Å². The Morgan fingerprint density at radius 1 is 0.489 bits per heavy atom. The smallest absolute Gasteiger partial charge is 0.186 e. The molecule has 7 nitrogen and oxygen atoms in total. The van der Waals surface area contributed by atoms with Crippen molar-refractivity contribution < 1.29 is 0 Å². The molecule has 3 aromatic carbocycles. The van der Waals surface area contributed by atoms with Gasteiger partial charge >= 0.3 is 0 Å². The first-order valence-electron chi connectivity index (χ1n) is 15.5. The predicted molar refractivity (Wildman–Crippen MR) is 188 cm³/mol. The first kappa shape index (κ1) is 28.2. The number of hydrogen-bond acceptors (Lipinski definition) is 7. The molecule has 1 unspecified atom stereocenters. The van der Waals surface area contributed by atoms with Crippen molar-refractivity contribution in [2.24, 2.45) is 9.98 Å². The molecule has 0 aliphatic carbocycles. The van der Waals surface area contributed by atoms with Gasteiger partial charge in [-0.15, -0.1) is 0 Å². The maximum atomic E-state index is 5.09. The number of benzene rings is 3. The van der Waals surface area contributed by atoms with Gasteiger partial charge in [-0.05, 0) is 95.1 Å². The number of nitrogens with zero attached hydrogens (tertiary/aromatic N) is 6. The van der Waals surface area contributed by atoms with E-state index in [0.717, 1.165) is 39.6 Å². The van der Waals surface area contributed by atoms with E-state index in [1.54, 1.807) is 12.4 Å². The van der Waals surface area contributed by atoms with Crippen LogP contribution >= 0.6 is 0 Å². The number of aryl methyl sites for hydroxylation is 1.